The molecule has 13 heteroatoms. The highest BCUT2D eigenvalue weighted by Gasteiger charge is 2.22. The zero-order chi connectivity index (χ0) is 36.6. The molecule has 3 aromatic carbocycles. The summed E-state index contributed by atoms with van der Waals surface area (Å²) < 4.78 is 17.9. The molecule has 1 fully saturated rings. The van der Waals surface area contributed by atoms with E-state index in [2.05, 4.69) is 44.1 Å². The number of benzene rings is 3. The van der Waals surface area contributed by atoms with Gasteiger partial charge in [-0.1, -0.05) is 39.5 Å². The van der Waals surface area contributed by atoms with E-state index in [1.54, 1.807) is 37.4 Å². The monoisotopic (exact) mass is 692 g/mol. The summed E-state index contributed by atoms with van der Waals surface area (Å²) in [6.45, 7) is 12.3. The lowest BCUT2D eigenvalue weighted by Gasteiger charge is -2.35. The van der Waals surface area contributed by atoms with Crippen molar-refractivity contribution in [1.82, 2.24) is 24.2 Å². The molecule has 0 unspecified atom stereocenters. The topological polar surface area (TPSA) is 138 Å². The predicted octanol–water partition coefficient (Wildman–Crippen LogP) is 4.70. The number of anilines is 4. The molecule has 1 amide bonds. The molecule has 0 bridgehead atoms. The maximum absolute atomic E-state index is 15.4. The Morgan fingerprint density at radius 1 is 1.02 bits per heavy atom. The summed E-state index contributed by atoms with van der Waals surface area (Å²) in [6.07, 6.45) is 4.17. The maximum Gasteiger partial charge on any atom is 0.293 e. The Kier molecular flexibility index (Phi) is 9.60. The van der Waals surface area contributed by atoms with E-state index in [1.165, 1.54) is 29.1 Å². The Morgan fingerprint density at radius 2 is 1.76 bits per heavy atom. The number of carbonyl (C=O) groups is 1. The first-order valence-electron chi connectivity index (χ1n) is 16.6. The maximum atomic E-state index is 15.4. The van der Waals surface area contributed by atoms with Gasteiger partial charge in [-0.2, -0.15) is 9.78 Å². The standard InChI is InChI=1S/C38H41FN8O4/c1-7-33(49)42-29-19-25(11-12-32(29)46-15-13-44(5)14-16-46)41-35-37(51)45(6)21-30(43-35)26-9-8-10-31(27(26)22-48)47-36(50)34-23(20-40-47)17-24(18-28(34)39)38(2,3)4/h7-12,17-21,48H,1,13-16,22H2,2-6H3,(H,41,43)(H,42,49). The lowest BCUT2D eigenvalue weighted by Crippen LogP contribution is -2.44. The molecule has 51 heavy (non-hydrogen) atoms. The third-order valence-corrected chi connectivity index (χ3v) is 9.14. The summed E-state index contributed by atoms with van der Waals surface area (Å²) in [7, 11) is 3.65. The average Bonchev–Trinajstić information content (AvgIpc) is 3.10. The second kappa shape index (κ2) is 13.9. The van der Waals surface area contributed by atoms with Gasteiger partial charge in [0, 0.05) is 61.6 Å². The second-order valence-corrected chi connectivity index (χ2v) is 13.7. The van der Waals surface area contributed by atoms with Gasteiger partial charge in [-0.05, 0) is 60.5 Å². The minimum Gasteiger partial charge on any atom is -0.392 e. The zero-order valence-corrected chi connectivity index (χ0v) is 29.3. The van der Waals surface area contributed by atoms with Crippen LogP contribution in [0.5, 0.6) is 0 Å². The molecular formula is C38H41FN8O4. The minimum absolute atomic E-state index is 0.00430. The number of amides is 1. The molecule has 0 spiro atoms. The number of hydrogen-bond donors (Lipinski definition) is 3. The van der Waals surface area contributed by atoms with Crippen molar-refractivity contribution in [3.05, 3.63) is 111 Å². The van der Waals surface area contributed by atoms with E-state index in [0.29, 0.717) is 33.6 Å². The molecule has 6 rings (SSSR count). The number of aryl methyl sites for hydroxylation is 1. The van der Waals surface area contributed by atoms with Crippen LogP contribution >= 0.6 is 0 Å². The number of hydrogen-bond acceptors (Lipinski definition) is 9. The van der Waals surface area contributed by atoms with Gasteiger partial charge in [0.15, 0.2) is 5.82 Å². The summed E-state index contributed by atoms with van der Waals surface area (Å²) in [5.74, 6) is -1.03. The first-order chi connectivity index (χ1) is 24.3. The highest BCUT2D eigenvalue weighted by molar-refractivity contribution is 6.01. The Bertz CT molecular complexity index is 2280. The van der Waals surface area contributed by atoms with Crippen LogP contribution in [0.2, 0.25) is 0 Å². The number of nitrogens with one attached hydrogen (secondary N) is 2. The minimum atomic E-state index is -0.674. The number of aliphatic hydroxyl groups is 1. The zero-order valence-electron chi connectivity index (χ0n) is 29.3. The summed E-state index contributed by atoms with van der Waals surface area (Å²) >= 11 is 0. The molecular weight excluding hydrogens is 651 g/mol. The van der Waals surface area contributed by atoms with E-state index in [4.69, 9.17) is 0 Å². The van der Waals surface area contributed by atoms with E-state index >= 15 is 4.39 Å². The number of likely N-dealkylation sites (N-methyl/N-ethyl adjacent to an activating group) is 1. The highest BCUT2D eigenvalue weighted by Crippen LogP contribution is 2.33. The van der Waals surface area contributed by atoms with Gasteiger partial charge in [0.1, 0.15) is 5.82 Å². The van der Waals surface area contributed by atoms with Gasteiger partial charge in [0.25, 0.3) is 11.1 Å². The third kappa shape index (κ3) is 7.03. The molecule has 0 aliphatic carbocycles. The molecule has 1 aliphatic heterocycles. The molecule has 12 nitrogen and oxygen atoms in total. The third-order valence-electron chi connectivity index (χ3n) is 9.14. The Morgan fingerprint density at radius 3 is 2.45 bits per heavy atom. The van der Waals surface area contributed by atoms with Crippen LogP contribution in [0.25, 0.3) is 27.7 Å². The predicted molar refractivity (Wildman–Crippen MR) is 199 cm³/mol. The molecule has 0 radical (unpaired) electrons. The Hall–Kier alpha value is -5.66. The number of halogens is 1. The van der Waals surface area contributed by atoms with E-state index in [0.717, 1.165) is 42.1 Å². The van der Waals surface area contributed by atoms with Crippen LogP contribution in [0, 0.1) is 5.82 Å². The fourth-order valence-electron chi connectivity index (χ4n) is 6.19. The largest absolute Gasteiger partial charge is 0.392 e. The van der Waals surface area contributed by atoms with E-state index in [1.807, 2.05) is 32.9 Å². The van der Waals surface area contributed by atoms with Gasteiger partial charge < -0.3 is 30.1 Å². The van der Waals surface area contributed by atoms with Crippen LogP contribution in [-0.2, 0) is 23.9 Å². The van der Waals surface area contributed by atoms with E-state index < -0.39 is 23.5 Å². The number of piperazine rings is 1. The van der Waals surface area contributed by atoms with Gasteiger partial charge in [-0.3, -0.25) is 14.4 Å². The van der Waals surface area contributed by atoms with Gasteiger partial charge in [0.05, 0.1) is 40.9 Å². The van der Waals surface area contributed by atoms with Crippen molar-refractivity contribution in [2.24, 2.45) is 7.05 Å². The fourth-order valence-corrected chi connectivity index (χ4v) is 6.19. The highest BCUT2D eigenvalue weighted by atomic mass is 19.1. The molecule has 3 N–H and O–H groups in total. The lowest BCUT2D eigenvalue weighted by atomic mass is 9.86. The first-order valence-corrected chi connectivity index (χ1v) is 16.6. The first kappa shape index (κ1) is 35.2. The van der Waals surface area contributed by atoms with E-state index in [-0.39, 0.29) is 28.2 Å². The summed E-state index contributed by atoms with van der Waals surface area (Å²) in [4.78, 5) is 48.5. The number of aliphatic hydroxyl groups excluding tert-OH is 1. The molecule has 1 saturated heterocycles. The van der Waals surface area contributed by atoms with Crippen molar-refractivity contribution >= 4 is 39.6 Å². The SMILES string of the molecule is C=CC(=O)Nc1cc(Nc2nc(-c3cccc(-n4ncc5cc(C(C)(C)C)cc(F)c5c4=O)c3CO)cn(C)c2=O)ccc1N1CCN(C)CC1. The number of rotatable bonds is 8. The van der Waals surface area contributed by atoms with Crippen molar-refractivity contribution in [1.29, 1.82) is 0 Å². The molecule has 3 heterocycles. The summed E-state index contributed by atoms with van der Waals surface area (Å²) in [6, 6.07) is 13.6. The fraction of sp³-hybridized carbons (Fsp3) is 0.289. The van der Waals surface area contributed by atoms with Gasteiger partial charge >= 0.3 is 0 Å². The number of fused-ring (bicyclic) bond motifs is 1. The van der Waals surface area contributed by atoms with Crippen LogP contribution in [0.4, 0.5) is 27.3 Å². The van der Waals surface area contributed by atoms with Crippen molar-refractivity contribution in [2.75, 3.05) is 48.8 Å². The van der Waals surface area contributed by atoms with Gasteiger partial charge in [-0.15, -0.1) is 0 Å². The van der Waals surface area contributed by atoms with Gasteiger partial charge in [-0.25, -0.2) is 9.37 Å². The molecule has 1 aliphatic rings. The van der Waals surface area contributed by atoms with Crippen molar-refractivity contribution in [3.63, 3.8) is 0 Å². The second-order valence-electron chi connectivity index (χ2n) is 13.7. The smallest absolute Gasteiger partial charge is 0.293 e. The number of carbonyl (C=O) groups excluding carboxylic acids is 1. The molecule has 5 aromatic rings. The quantitative estimate of drug-likeness (QED) is 0.198. The molecule has 0 atom stereocenters. The number of aromatic nitrogens is 4. The Labute approximate surface area is 294 Å². The van der Waals surface area contributed by atoms with Crippen LogP contribution in [0.3, 0.4) is 0 Å². The molecule has 264 valence electrons. The summed E-state index contributed by atoms with van der Waals surface area (Å²) in [5, 5.41) is 21.2. The van der Waals surface area contributed by atoms with E-state index in [9.17, 15) is 19.5 Å². The molecule has 0 saturated carbocycles. The lowest BCUT2D eigenvalue weighted by molar-refractivity contribution is -0.111. The van der Waals surface area contributed by atoms with Crippen LogP contribution in [0.1, 0.15) is 31.9 Å². The van der Waals surface area contributed by atoms with Crippen molar-refractivity contribution < 1.29 is 14.3 Å². The van der Waals surface area contributed by atoms with Crippen molar-refractivity contribution in [3.8, 4) is 16.9 Å². The van der Waals surface area contributed by atoms with Crippen molar-refractivity contribution in [2.45, 2.75) is 32.8 Å². The van der Waals surface area contributed by atoms with Crippen LogP contribution in [-0.4, -0.2) is 68.5 Å². The van der Waals surface area contributed by atoms with Gasteiger partial charge in [0.2, 0.25) is 5.91 Å². The number of nitrogens with zero attached hydrogens (tertiary/aromatic N) is 6. The molecule has 2 aromatic heterocycles. The van der Waals surface area contributed by atoms with Crippen LogP contribution < -0.4 is 26.7 Å². The normalized spacial score (nSPS) is 13.7. The average molecular weight is 693 g/mol. The van der Waals surface area contributed by atoms with Crippen LogP contribution in [0.15, 0.2) is 83.2 Å². The Balaban J connectivity index is 1.40. The summed E-state index contributed by atoms with van der Waals surface area (Å²) in [5.41, 5.74) is 2.53.